The van der Waals surface area contributed by atoms with Crippen LogP contribution in [-0.4, -0.2) is 0 Å². The Morgan fingerprint density at radius 2 is 0.259 bits per heavy atom. The fourth-order valence-corrected chi connectivity index (χ4v) is 16.8. The molecule has 0 saturated heterocycles. The van der Waals surface area contributed by atoms with Gasteiger partial charge in [0.15, 0.2) is 0 Å². The molecule has 576 valence electrons. The van der Waals surface area contributed by atoms with Crippen LogP contribution >= 0.6 is 127 Å². The summed E-state index contributed by atoms with van der Waals surface area (Å²) in [6.45, 7) is 11.4. The van der Waals surface area contributed by atoms with E-state index in [4.69, 9.17) is 37.9 Å². The molecule has 8 nitrogen and oxygen atoms in total. The molecule has 0 fully saturated rings. The second-order valence-electron chi connectivity index (χ2n) is 28.5. The molecule has 8 bridgehead atoms. The Balaban J connectivity index is 1.10. The Labute approximate surface area is 727 Å². The molecule has 0 aromatic heterocycles. The van der Waals surface area contributed by atoms with Gasteiger partial charge in [-0.25, -0.2) is 0 Å². The van der Waals surface area contributed by atoms with Crippen molar-refractivity contribution in [1.82, 2.24) is 0 Å². The molecule has 1 aliphatic rings. The van der Waals surface area contributed by atoms with Crippen LogP contribution < -0.4 is 37.9 Å². The van der Waals surface area contributed by atoms with Gasteiger partial charge in [-0.15, -0.1) is 0 Å². The normalized spacial score (nSPS) is 14.5. The zero-order valence-electron chi connectivity index (χ0n) is 63.0. The van der Waals surface area contributed by atoms with Gasteiger partial charge in [0.05, 0.1) is 0 Å². The van der Waals surface area contributed by atoms with Crippen molar-refractivity contribution in [2.45, 2.75) is 147 Å². The van der Waals surface area contributed by atoms with Gasteiger partial charge >= 0.3 is 0 Å². The van der Waals surface area contributed by atoms with E-state index in [0.29, 0.717) is 46.0 Å². The quantitative estimate of drug-likeness (QED) is 0.0386. The van der Waals surface area contributed by atoms with E-state index >= 15 is 0 Å². The lowest BCUT2D eigenvalue weighted by Crippen LogP contribution is -2.14. The lowest BCUT2D eigenvalue weighted by atomic mass is 9.80. The maximum Gasteiger partial charge on any atom is 0.127 e. The topological polar surface area (TPSA) is 73.8 Å². The van der Waals surface area contributed by atoms with Crippen LogP contribution in [0.1, 0.15) is 185 Å². The van der Waals surface area contributed by atoms with Crippen molar-refractivity contribution in [3.63, 3.8) is 0 Å². The number of ether oxygens (including phenoxy) is 8. The SMILES string of the molecule is CC1c2cc(c(OCc3ccc(CBr)cc3)cc2OCc2ccc(CBr)cc2)C(C)c2cc(c(OCc3ccc(CBr)cc3)cc2OCc2ccc(CBr)cc2)C(C)c2cc(c(OCc3ccc(CBr)cc3)cc2OCc2ccc(CBr)cc2)C(C)c2cc1c(OCc1ccc(CBr)cc1)cc2OCc1ccc(CBr)cc1. The summed E-state index contributed by atoms with van der Waals surface area (Å²) in [5.74, 6) is 3.73. The summed E-state index contributed by atoms with van der Waals surface area (Å²) in [6.07, 6.45) is 0. The minimum absolute atomic E-state index is 0.289. The molecule has 16 heteroatoms. The number of fused-ring (bicyclic) bond motifs is 8. The number of benzene rings is 12. The Morgan fingerprint density at radius 3 is 0.357 bits per heavy atom. The maximum absolute atomic E-state index is 7.34. The Morgan fingerprint density at radius 1 is 0.161 bits per heavy atom. The van der Waals surface area contributed by atoms with Crippen molar-refractivity contribution in [1.29, 1.82) is 0 Å². The van der Waals surface area contributed by atoms with Gasteiger partial charge in [-0.1, -0.05) is 349 Å². The van der Waals surface area contributed by atoms with Crippen LogP contribution in [0.5, 0.6) is 46.0 Å². The highest BCUT2D eigenvalue weighted by molar-refractivity contribution is 9.09. The predicted molar refractivity (Wildman–Crippen MR) is 483 cm³/mol. The summed E-state index contributed by atoms with van der Waals surface area (Å²) >= 11 is 29.5. The average Bonchev–Trinajstić information content (AvgIpc) is 0.755. The van der Waals surface area contributed by atoms with Gasteiger partial charge in [-0.2, -0.15) is 0 Å². The van der Waals surface area contributed by atoms with Crippen LogP contribution in [-0.2, 0) is 95.5 Å². The Hall–Kier alpha value is -7.12. The highest BCUT2D eigenvalue weighted by Crippen LogP contribution is 2.52. The Kier molecular flexibility index (Phi) is 29.9. The van der Waals surface area contributed by atoms with Crippen molar-refractivity contribution < 1.29 is 37.9 Å². The molecule has 0 heterocycles. The zero-order valence-corrected chi connectivity index (χ0v) is 75.7. The molecule has 0 radical (unpaired) electrons. The van der Waals surface area contributed by atoms with Crippen molar-refractivity contribution >= 4 is 127 Å². The highest BCUT2D eigenvalue weighted by atomic mass is 79.9. The monoisotopic (exact) mass is 2000 g/mol. The minimum Gasteiger partial charge on any atom is -0.488 e. The van der Waals surface area contributed by atoms with E-state index in [9.17, 15) is 0 Å². The smallest absolute Gasteiger partial charge is 0.127 e. The van der Waals surface area contributed by atoms with Crippen molar-refractivity contribution in [3.8, 4) is 46.0 Å². The molecule has 112 heavy (non-hydrogen) atoms. The number of hydrogen-bond donors (Lipinski definition) is 0. The zero-order chi connectivity index (χ0) is 78.0. The molecular formula is C96H88Br8O8. The summed E-state index contributed by atoms with van der Waals surface area (Å²) < 4.78 is 58.7. The fourth-order valence-electron chi connectivity index (χ4n) is 13.8. The second-order valence-corrected chi connectivity index (χ2v) is 33.0. The van der Waals surface area contributed by atoms with Crippen molar-refractivity contribution in [2.24, 2.45) is 0 Å². The lowest BCUT2D eigenvalue weighted by molar-refractivity contribution is 0.279. The van der Waals surface area contributed by atoms with Gasteiger partial charge in [0, 0.05) is 135 Å². The molecule has 0 unspecified atom stereocenters. The van der Waals surface area contributed by atoms with Gasteiger partial charge < -0.3 is 37.9 Å². The van der Waals surface area contributed by atoms with E-state index in [1.54, 1.807) is 0 Å². The van der Waals surface area contributed by atoms with Crippen LogP contribution in [0.3, 0.4) is 0 Å². The van der Waals surface area contributed by atoms with Crippen LogP contribution in [0, 0.1) is 0 Å². The highest BCUT2D eigenvalue weighted by Gasteiger charge is 2.33. The molecule has 0 N–H and O–H groups in total. The summed E-state index contributed by atoms with van der Waals surface area (Å²) in [7, 11) is 0. The molecule has 13 rings (SSSR count). The molecule has 12 aromatic carbocycles. The fraction of sp³-hybridized carbons (Fsp3) is 0.250. The van der Waals surface area contributed by atoms with E-state index in [1.807, 2.05) is 0 Å². The van der Waals surface area contributed by atoms with E-state index in [0.717, 1.165) is 132 Å². The first kappa shape index (κ1) is 82.8. The van der Waals surface area contributed by atoms with Crippen LogP contribution in [0.4, 0.5) is 0 Å². The summed E-state index contributed by atoms with van der Waals surface area (Å²) in [6, 6.07) is 86.4. The molecule has 0 amide bonds. The third kappa shape index (κ3) is 21.1. The van der Waals surface area contributed by atoms with Crippen molar-refractivity contribution in [2.75, 3.05) is 0 Å². The first-order valence-electron chi connectivity index (χ1n) is 37.5. The van der Waals surface area contributed by atoms with Gasteiger partial charge in [0.2, 0.25) is 0 Å². The van der Waals surface area contributed by atoms with E-state index in [1.165, 1.54) is 44.5 Å². The van der Waals surface area contributed by atoms with Gasteiger partial charge in [0.25, 0.3) is 0 Å². The number of alkyl halides is 8. The second kappa shape index (κ2) is 40.4. The lowest BCUT2D eigenvalue weighted by Gasteiger charge is -2.30. The molecule has 0 aliphatic heterocycles. The van der Waals surface area contributed by atoms with E-state index in [2.05, 4.69) is 398 Å². The first-order valence-corrected chi connectivity index (χ1v) is 46.5. The average molecular weight is 2010 g/mol. The van der Waals surface area contributed by atoms with Gasteiger partial charge in [-0.3, -0.25) is 0 Å². The van der Waals surface area contributed by atoms with Gasteiger partial charge in [-0.05, 0) is 113 Å². The van der Waals surface area contributed by atoms with Crippen LogP contribution in [0.25, 0.3) is 0 Å². The van der Waals surface area contributed by atoms with Crippen LogP contribution in [0.15, 0.2) is 243 Å². The molecule has 1 aliphatic carbocycles. The van der Waals surface area contributed by atoms with Crippen LogP contribution in [0.2, 0.25) is 0 Å². The summed E-state index contributed by atoms with van der Waals surface area (Å²) in [5.41, 5.74) is 25.0. The third-order valence-electron chi connectivity index (χ3n) is 20.9. The number of hydrogen-bond acceptors (Lipinski definition) is 8. The molecule has 0 saturated carbocycles. The minimum atomic E-state index is -0.403. The largest absolute Gasteiger partial charge is 0.488 e. The summed E-state index contributed by atoms with van der Waals surface area (Å²) in [4.78, 5) is 0. The first-order chi connectivity index (χ1) is 54.7. The number of rotatable bonds is 32. The molecule has 0 atom stereocenters. The van der Waals surface area contributed by atoms with E-state index < -0.39 is 23.7 Å². The molecule has 0 spiro atoms. The number of halogens is 8. The van der Waals surface area contributed by atoms with Crippen molar-refractivity contribution in [3.05, 3.63) is 376 Å². The Bertz CT molecular complexity index is 4140. The van der Waals surface area contributed by atoms with Gasteiger partial charge in [0.1, 0.15) is 98.9 Å². The van der Waals surface area contributed by atoms with E-state index in [-0.39, 0.29) is 52.9 Å². The summed E-state index contributed by atoms with van der Waals surface area (Å²) in [5, 5.41) is 5.93. The molecular weight excluding hydrogens is 1920 g/mol. The predicted octanol–water partition coefficient (Wildman–Crippen LogP) is 28.4. The third-order valence-corrected chi connectivity index (χ3v) is 26.1. The maximum atomic E-state index is 7.34. The molecule has 12 aromatic rings. The standard InChI is InChI=1S/C96H88Br8O8/c1-61-81-37-83(91(107-55-75-25-9-67(47-99)10-26-75)41-89(81)105-53-73-21-5-65(45-97)6-22-73)62(2)85-39-87(95(111-59-79-33-17-71(51-103)18-34-79)43-93(85)109-57-77-29-13-69(49-101)14-30-77)64(4)88-40-86(94(110-58-78-31-15-70(50-102)16-32-78)44-96(88)112-60-80-35-19-72(52-104)20-36-80)63(3)84-38-82(61)90(106-54-74-23-7-66(46-98)8-24-74)42-92(84)108-56-76-27-11-68(48-100)12-28-76/h5-44,61-64H,45-60H2,1-4H3.